The Morgan fingerprint density at radius 3 is 2.56 bits per heavy atom. The molecule has 0 saturated carbocycles. The van der Waals surface area contributed by atoms with Crippen molar-refractivity contribution in [1.82, 2.24) is 4.89 Å². The van der Waals surface area contributed by atoms with Crippen molar-refractivity contribution in [1.29, 1.82) is 0 Å². The largest absolute Gasteiger partial charge is 0.410 e. The van der Waals surface area contributed by atoms with E-state index in [9.17, 15) is 31.1 Å². The fourth-order valence-corrected chi connectivity index (χ4v) is 4.31. The fraction of sp³-hybridized carbons (Fsp3) is 0.200. The zero-order valence-corrected chi connectivity index (χ0v) is 15.6. The number of sulfonamides is 1. The predicted octanol–water partition coefficient (Wildman–Crippen LogP) is 3.76. The summed E-state index contributed by atoms with van der Waals surface area (Å²) in [5.74, 6) is -0.814. The molecule has 0 amide bonds. The van der Waals surface area contributed by atoms with Gasteiger partial charge in [-0.15, -0.1) is 11.3 Å². The van der Waals surface area contributed by atoms with Crippen LogP contribution in [0.15, 0.2) is 46.7 Å². The summed E-state index contributed by atoms with van der Waals surface area (Å²) in [5, 5.41) is 9.42. The normalized spacial score (nSPS) is 14.4. The molecule has 27 heavy (non-hydrogen) atoms. The zero-order valence-electron chi connectivity index (χ0n) is 13.2. The van der Waals surface area contributed by atoms with Gasteiger partial charge in [0.1, 0.15) is 16.1 Å². The Morgan fingerprint density at radius 1 is 1.33 bits per heavy atom. The van der Waals surface area contributed by atoms with Gasteiger partial charge in [0.15, 0.2) is 0 Å². The third-order valence-electron chi connectivity index (χ3n) is 3.10. The predicted molar refractivity (Wildman–Crippen MR) is 92.0 cm³/mol. The standard InChI is InChI=1S/C15H12ClF4NO4S2/c16-13-4-5-14(26-13)27(23,24)21-25-12(8-22)11(7-15(18,19)20)9-2-1-3-10(17)6-9/h1-7,12,21-22H,8H2/b11-7+/t12-/m1/s1. The summed E-state index contributed by atoms with van der Waals surface area (Å²) < 4.78 is 76.1. The Morgan fingerprint density at radius 2 is 2.04 bits per heavy atom. The van der Waals surface area contributed by atoms with E-state index >= 15 is 0 Å². The summed E-state index contributed by atoms with van der Waals surface area (Å²) in [7, 11) is -4.24. The van der Waals surface area contributed by atoms with Crippen molar-refractivity contribution < 1.29 is 35.9 Å². The number of rotatable bonds is 7. The van der Waals surface area contributed by atoms with Gasteiger partial charge in [0.2, 0.25) is 0 Å². The van der Waals surface area contributed by atoms with Crippen LogP contribution >= 0.6 is 22.9 Å². The minimum Gasteiger partial charge on any atom is -0.393 e. The highest BCUT2D eigenvalue weighted by molar-refractivity contribution is 7.91. The Bertz CT molecular complexity index is 928. The molecule has 0 spiro atoms. The van der Waals surface area contributed by atoms with E-state index in [0.29, 0.717) is 11.3 Å². The number of aliphatic hydroxyl groups is 1. The third kappa shape index (κ3) is 6.26. The second-order valence-corrected chi connectivity index (χ2v) is 8.67. The molecule has 5 nitrogen and oxygen atoms in total. The van der Waals surface area contributed by atoms with E-state index in [0.717, 1.165) is 12.1 Å². The molecule has 0 unspecified atom stereocenters. The molecule has 0 aliphatic carbocycles. The van der Waals surface area contributed by atoms with E-state index in [1.54, 1.807) is 4.89 Å². The molecule has 0 bridgehead atoms. The van der Waals surface area contributed by atoms with Crippen LogP contribution in [-0.2, 0) is 14.9 Å². The number of thiophene rings is 1. The minimum absolute atomic E-state index is 0.173. The molecule has 2 aromatic rings. The first-order valence-corrected chi connectivity index (χ1v) is 9.78. The quantitative estimate of drug-likeness (QED) is 0.502. The van der Waals surface area contributed by atoms with Crippen LogP contribution in [0, 0.1) is 5.82 Å². The van der Waals surface area contributed by atoms with Crippen LogP contribution < -0.4 is 4.89 Å². The number of halogens is 5. The highest BCUT2D eigenvalue weighted by atomic mass is 35.5. The van der Waals surface area contributed by atoms with Gasteiger partial charge in [-0.05, 0) is 35.4 Å². The molecule has 0 aliphatic rings. The first kappa shape index (κ1) is 21.8. The average molecular weight is 446 g/mol. The Hall–Kier alpha value is -1.50. The van der Waals surface area contributed by atoms with Crippen molar-refractivity contribution in [2.75, 3.05) is 6.61 Å². The summed E-state index contributed by atoms with van der Waals surface area (Å²) in [6.07, 6.45) is -6.77. The Kier molecular flexibility index (Phi) is 7.00. The van der Waals surface area contributed by atoms with Crippen molar-refractivity contribution in [2.45, 2.75) is 16.5 Å². The highest BCUT2D eigenvalue weighted by Crippen LogP contribution is 2.29. The SMILES string of the molecule is O=S(=O)(NO[C@H](CO)/C(=C/C(F)(F)F)c1cccc(F)c1)c1ccc(Cl)s1. The van der Waals surface area contributed by atoms with Crippen LogP contribution in [-0.4, -0.2) is 32.4 Å². The van der Waals surface area contributed by atoms with Gasteiger partial charge in [0, 0.05) is 6.08 Å². The zero-order chi connectivity index (χ0) is 20.2. The van der Waals surface area contributed by atoms with Gasteiger partial charge in [-0.25, -0.2) is 12.8 Å². The topological polar surface area (TPSA) is 75.6 Å². The molecule has 2 rings (SSSR count). The van der Waals surface area contributed by atoms with Crippen LogP contribution in [0.2, 0.25) is 4.34 Å². The highest BCUT2D eigenvalue weighted by Gasteiger charge is 2.30. The van der Waals surface area contributed by atoms with Crippen molar-refractivity contribution in [3.05, 3.63) is 58.2 Å². The van der Waals surface area contributed by atoms with Gasteiger partial charge in [0.25, 0.3) is 10.0 Å². The molecule has 1 aromatic heterocycles. The molecule has 1 heterocycles. The molecule has 0 aliphatic heterocycles. The Labute approximate surface area is 160 Å². The molecule has 1 aromatic carbocycles. The van der Waals surface area contributed by atoms with E-state index in [1.165, 1.54) is 24.3 Å². The van der Waals surface area contributed by atoms with E-state index in [4.69, 9.17) is 16.4 Å². The van der Waals surface area contributed by atoms with E-state index < -0.39 is 40.3 Å². The first-order chi connectivity index (χ1) is 12.5. The van der Waals surface area contributed by atoms with Crippen LogP contribution in [0.1, 0.15) is 5.56 Å². The number of benzene rings is 1. The third-order valence-corrected chi connectivity index (χ3v) is 6.02. The number of nitrogens with one attached hydrogen (secondary N) is 1. The fourth-order valence-electron chi connectivity index (χ4n) is 2.01. The molecule has 12 heteroatoms. The van der Waals surface area contributed by atoms with E-state index in [2.05, 4.69) is 0 Å². The molecule has 0 radical (unpaired) electrons. The lowest BCUT2D eigenvalue weighted by molar-refractivity contribution is -0.0805. The van der Waals surface area contributed by atoms with Crippen LogP contribution in [0.3, 0.4) is 0 Å². The maximum atomic E-state index is 13.4. The molecule has 0 fully saturated rings. The van der Waals surface area contributed by atoms with Gasteiger partial charge in [-0.3, -0.25) is 4.84 Å². The minimum atomic E-state index is -4.82. The van der Waals surface area contributed by atoms with E-state index in [-0.39, 0.29) is 20.2 Å². The molecule has 1 atom stereocenters. The first-order valence-electron chi connectivity index (χ1n) is 7.11. The maximum Gasteiger partial charge on any atom is 0.410 e. The smallest absolute Gasteiger partial charge is 0.393 e. The summed E-state index contributed by atoms with van der Waals surface area (Å²) in [6, 6.07) is 6.64. The number of allylic oxidation sites excluding steroid dienone is 1. The van der Waals surface area contributed by atoms with E-state index in [1.807, 2.05) is 0 Å². The summed E-state index contributed by atoms with van der Waals surface area (Å²) in [4.78, 5) is 6.46. The van der Waals surface area contributed by atoms with Gasteiger partial charge in [-0.2, -0.15) is 13.2 Å². The monoisotopic (exact) mass is 445 g/mol. The number of alkyl halides is 3. The lowest BCUT2D eigenvalue weighted by Gasteiger charge is -2.20. The van der Waals surface area contributed by atoms with Gasteiger partial charge < -0.3 is 5.11 Å². The van der Waals surface area contributed by atoms with Crippen LogP contribution in [0.4, 0.5) is 17.6 Å². The molecular weight excluding hydrogens is 434 g/mol. The lowest BCUT2D eigenvalue weighted by Crippen LogP contribution is -2.32. The summed E-state index contributed by atoms with van der Waals surface area (Å²) in [6.45, 7) is -1.01. The van der Waals surface area contributed by atoms with Crippen molar-refractivity contribution in [3.8, 4) is 0 Å². The molecule has 0 saturated heterocycles. The maximum absolute atomic E-state index is 13.4. The number of aliphatic hydroxyl groups excluding tert-OH is 1. The van der Waals surface area contributed by atoms with Crippen LogP contribution in [0.25, 0.3) is 5.57 Å². The number of hydrogen-bond acceptors (Lipinski definition) is 5. The summed E-state index contributed by atoms with van der Waals surface area (Å²) in [5.41, 5.74) is -0.888. The molecular formula is C15H12ClF4NO4S2. The second kappa shape index (κ2) is 8.67. The van der Waals surface area contributed by atoms with Crippen molar-refractivity contribution >= 4 is 38.5 Å². The number of hydrogen-bond donors (Lipinski definition) is 2. The summed E-state index contributed by atoms with van der Waals surface area (Å²) >= 11 is 6.35. The van der Waals surface area contributed by atoms with Gasteiger partial charge >= 0.3 is 6.18 Å². The van der Waals surface area contributed by atoms with Gasteiger partial charge in [-0.1, -0.05) is 28.6 Å². The van der Waals surface area contributed by atoms with Crippen LogP contribution in [0.5, 0.6) is 0 Å². The average Bonchev–Trinajstić information content (AvgIpc) is 3.00. The van der Waals surface area contributed by atoms with Gasteiger partial charge in [0.05, 0.1) is 10.9 Å². The lowest BCUT2D eigenvalue weighted by atomic mass is 10.00. The van der Waals surface area contributed by atoms with Crippen molar-refractivity contribution in [2.24, 2.45) is 0 Å². The molecule has 148 valence electrons. The Balaban J connectivity index is 2.31. The second-order valence-electron chi connectivity index (χ2n) is 5.09. The molecule has 2 N–H and O–H groups in total. The van der Waals surface area contributed by atoms with Crippen molar-refractivity contribution in [3.63, 3.8) is 0 Å².